The lowest BCUT2D eigenvalue weighted by atomic mass is 10.2. The number of hydrogen-bond acceptors (Lipinski definition) is 5. The van der Waals surface area contributed by atoms with Crippen LogP contribution < -0.4 is 10.2 Å². The molecule has 1 aromatic heterocycles. The average molecular weight is 434 g/mol. The molecule has 0 bridgehead atoms. The Hall–Kier alpha value is -2.32. The van der Waals surface area contributed by atoms with E-state index in [0.29, 0.717) is 0 Å². The summed E-state index contributed by atoms with van der Waals surface area (Å²) < 4.78 is 7.25. The van der Waals surface area contributed by atoms with Gasteiger partial charge in [-0.15, -0.1) is 10.2 Å². The predicted molar refractivity (Wildman–Crippen MR) is 121 cm³/mol. The number of nitrogens with one attached hydrogen (secondary N) is 1. The molecular formula is C21H32ClN7O. The van der Waals surface area contributed by atoms with Gasteiger partial charge in [0.15, 0.2) is 5.96 Å². The van der Waals surface area contributed by atoms with Gasteiger partial charge in [-0.05, 0) is 24.6 Å². The Morgan fingerprint density at radius 1 is 1.27 bits per heavy atom. The summed E-state index contributed by atoms with van der Waals surface area (Å²) in [5.41, 5.74) is 1.17. The number of nitrogens with zero attached hydrogens (tertiary/aromatic N) is 6. The Balaban J connectivity index is 1.56. The van der Waals surface area contributed by atoms with Gasteiger partial charge >= 0.3 is 0 Å². The van der Waals surface area contributed by atoms with Crippen LogP contribution in [0, 0.1) is 0 Å². The number of aliphatic imine (C=N–C) groups is 1. The molecule has 1 fully saturated rings. The number of aromatic nitrogens is 3. The third-order valence-electron chi connectivity index (χ3n) is 5.17. The van der Waals surface area contributed by atoms with Crippen molar-refractivity contribution in [3.63, 3.8) is 0 Å². The normalized spacial score (nSPS) is 15.0. The lowest BCUT2D eigenvalue weighted by Crippen LogP contribution is -2.53. The second-order valence-corrected chi connectivity index (χ2v) is 7.66. The number of anilines is 1. The lowest BCUT2D eigenvalue weighted by Gasteiger charge is -2.38. The first-order valence-electron chi connectivity index (χ1n) is 10.6. The number of piperazine rings is 1. The van der Waals surface area contributed by atoms with Crippen molar-refractivity contribution in [2.24, 2.45) is 4.99 Å². The summed E-state index contributed by atoms with van der Waals surface area (Å²) in [6, 6.07) is 8.06. The third-order valence-corrected chi connectivity index (χ3v) is 5.40. The van der Waals surface area contributed by atoms with E-state index in [0.717, 1.165) is 82.1 Å². The Morgan fingerprint density at radius 3 is 2.83 bits per heavy atom. The molecule has 2 heterocycles. The van der Waals surface area contributed by atoms with Crippen LogP contribution in [0.15, 0.2) is 35.6 Å². The van der Waals surface area contributed by atoms with Crippen molar-refractivity contribution in [3.05, 3.63) is 41.4 Å². The van der Waals surface area contributed by atoms with Gasteiger partial charge < -0.3 is 24.4 Å². The van der Waals surface area contributed by atoms with Gasteiger partial charge in [0.2, 0.25) is 0 Å². The fourth-order valence-corrected chi connectivity index (χ4v) is 3.72. The summed E-state index contributed by atoms with van der Waals surface area (Å²) in [5, 5.41) is 12.5. The van der Waals surface area contributed by atoms with Crippen molar-refractivity contribution in [3.8, 4) is 0 Å². The van der Waals surface area contributed by atoms with Gasteiger partial charge in [0.25, 0.3) is 0 Å². The molecule has 0 spiro atoms. The van der Waals surface area contributed by atoms with E-state index in [1.807, 2.05) is 18.2 Å². The molecule has 0 amide bonds. The quantitative estimate of drug-likeness (QED) is 0.371. The van der Waals surface area contributed by atoms with Crippen LogP contribution in [0.2, 0.25) is 5.02 Å². The Bertz CT molecular complexity index is 802. The maximum Gasteiger partial charge on any atom is 0.194 e. The van der Waals surface area contributed by atoms with Gasteiger partial charge in [0, 0.05) is 76.7 Å². The minimum absolute atomic E-state index is 0.722. The van der Waals surface area contributed by atoms with Crippen LogP contribution >= 0.6 is 11.6 Å². The molecule has 3 rings (SSSR count). The van der Waals surface area contributed by atoms with Crippen molar-refractivity contribution in [1.29, 1.82) is 0 Å². The van der Waals surface area contributed by atoms with Gasteiger partial charge in [0.05, 0.1) is 0 Å². The predicted octanol–water partition coefficient (Wildman–Crippen LogP) is 2.30. The van der Waals surface area contributed by atoms with Gasteiger partial charge in [0.1, 0.15) is 12.2 Å². The summed E-state index contributed by atoms with van der Waals surface area (Å²) in [6.07, 6.45) is 3.58. The molecule has 164 valence electrons. The number of guanidine groups is 1. The number of halogens is 1. The van der Waals surface area contributed by atoms with Crippen LogP contribution in [0.4, 0.5) is 5.69 Å². The van der Waals surface area contributed by atoms with Crippen LogP contribution in [0.25, 0.3) is 0 Å². The van der Waals surface area contributed by atoms with Crippen LogP contribution in [0.1, 0.15) is 19.2 Å². The number of aryl methyl sites for hydroxylation is 1. The highest BCUT2D eigenvalue weighted by atomic mass is 35.5. The second-order valence-electron chi connectivity index (χ2n) is 7.23. The van der Waals surface area contributed by atoms with Gasteiger partial charge in [-0.1, -0.05) is 24.6 Å². The van der Waals surface area contributed by atoms with Gasteiger partial charge in [-0.25, -0.2) is 0 Å². The zero-order valence-corrected chi connectivity index (χ0v) is 18.7. The number of ether oxygens (including phenoxy) is 1. The standard InChI is InChI=1S/C21H32ClN7O/c1-3-20-26-25-17-29(20)10-9-24-21(23-8-5-15-30-2)28-13-11-27(12-14-28)19-7-4-6-18(22)16-19/h4,6-7,16-17H,3,5,8-15H2,1-2H3,(H,23,24). The molecular weight excluding hydrogens is 402 g/mol. The van der Waals surface area contributed by atoms with Crippen molar-refractivity contribution in [2.75, 3.05) is 57.9 Å². The molecule has 8 nitrogen and oxygen atoms in total. The minimum atomic E-state index is 0.722. The number of benzene rings is 1. The van der Waals surface area contributed by atoms with E-state index in [2.05, 4.69) is 42.9 Å². The Labute approximate surface area is 183 Å². The molecule has 1 aromatic carbocycles. The highest BCUT2D eigenvalue weighted by molar-refractivity contribution is 6.30. The summed E-state index contributed by atoms with van der Waals surface area (Å²) in [5.74, 6) is 1.97. The highest BCUT2D eigenvalue weighted by Crippen LogP contribution is 2.20. The summed E-state index contributed by atoms with van der Waals surface area (Å²) in [6.45, 7) is 8.85. The Morgan fingerprint density at radius 2 is 2.10 bits per heavy atom. The molecule has 0 aliphatic carbocycles. The molecule has 2 aromatic rings. The Kier molecular flexibility index (Phi) is 8.77. The zero-order chi connectivity index (χ0) is 21.2. The van der Waals surface area contributed by atoms with Crippen molar-refractivity contribution in [2.45, 2.75) is 26.3 Å². The fourth-order valence-electron chi connectivity index (χ4n) is 3.54. The summed E-state index contributed by atoms with van der Waals surface area (Å²) in [7, 11) is 1.72. The topological polar surface area (TPSA) is 70.8 Å². The van der Waals surface area contributed by atoms with E-state index in [9.17, 15) is 0 Å². The molecule has 1 aliphatic rings. The maximum absolute atomic E-state index is 6.16. The smallest absolute Gasteiger partial charge is 0.194 e. The molecule has 1 aliphatic heterocycles. The van der Waals surface area contributed by atoms with E-state index < -0.39 is 0 Å². The summed E-state index contributed by atoms with van der Waals surface area (Å²) >= 11 is 6.16. The van der Waals surface area contributed by atoms with Crippen molar-refractivity contribution >= 4 is 23.2 Å². The van der Waals surface area contributed by atoms with Crippen LogP contribution in [-0.4, -0.2) is 78.6 Å². The molecule has 1 N–H and O–H groups in total. The zero-order valence-electron chi connectivity index (χ0n) is 17.9. The van der Waals surface area contributed by atoms with Crippen molar-refractivity contribution < 1.29 is 4.74 Å². The molecule has 0 radical (unpaired) electrons. The second kappa shape index (κ2) is 11.8. The first-order valence-corrected chi connectivity index (χ1v) is 11.0. The maximum atomic E-state index is 6.16. The first kappa shape index (κ1) is 22.4. The van der Waals surface area contributed by atoms with E-state index in [-0.39, 0.29) is 0 Å². The molecule has 0 atom stereocenters. The third kappa shape index (κ3) is 6.34. The van der Waals surface area contributed by atoms with Gasteiger partial charge in [-0.3, -0.25) is 4.99 Å². The van der Waals surface area contributed by atoms with Gasteiger partial charge in [-0.2, -0.15) is 0 Å². The van der Waals surface area contributed by atoms with E-state index in [4.69, 9.17) is 21.3 Å². The minimum Gasteiger partial charge on any atom is -0.385 e. The van der Waals surface area contributed by atoms with Crippen LogP contribution in [0.3, 0.4) is 0 Å². The highest BCUT2D eigenvalue weighted by Gasteiger charge is 2.20. The van der Waals surface area contributed by atoms with E-state index >= 15 is 0 Å². The van der Waals surface area contributed by atoms with E-state index in [1.165, 1.54) is 5.69 Å². The largest absolute Gasteiger partial charge is 0.385 e. The molecule has 0 unspecified atom stereocenters. The fraction of sp³-hybridized carbons (Fsp3) is 0.571. The molecule has 0 saturated carbocycles. The molecule has 9 heteroatoms. The molecule has 1 saturated heterocycles. The number of hydrogen-bond donors (Lipinski definition) is 1. The SMILES string of the molecule is CCc1nncn1CCNC(=NCCCOC)N1CCN(c2cccc(Cl)c2)CC1. The number of rotatable bonds is 9. The average Bonchev–Trinajstić information content (AvgIpc) is 3.23. The van der Waals surface area contributed by atoms with Crippen LogP contribution in [-0.2, 0) is 17.7 Å². The van der Waals surface area contributed by atoms with Crippen molar-refractivity contribution in [1.82, 2.24) is 25.0 Å². The monoisotopic (exact) mass is 433 g/mol. The lowest BCUT2D eigenvalue weighted by molar-refractivity contribution is 0.197. The summed E-state index contributed by atoms with van der Waals surface area (Å²) in [4.78, 5) is 9.53. The first-order chi connectivity index (χ1) is 14.7. The number of methoxy groups -OCH3 is 1. The van der Waals surface area contributed by atoms with Crippen LogP contribution in [0.5, 0.6) is 0 Å². The molecule has 30 heavy (non-hydrogen) atoms. The van der Waals surface area contributed by atoms with E-state index in [1.54, 1.807) is 13.4 Å².